The second-order valence-electron chi connectivity index (χ2n) is 12.1. The van der Waals surface area contributed by atoms with E-state index in [1.165, 1.54) is 135 Å². The third-order valence-electron chi connectivity index (χ3n) is 8.27. The Morgan fingerprint density at radius 3 is 1.13 bits per heavy atom. The van der Waals surface area contributed by atoms with E-state index in [0.717, 1.165) is 32.1 Å². The Morgan fingerprint density at radius 1 is 0.500 bits per heavy atom. The van der Waals surface area contributed by atoms with Crippen LogP contribution in [-0.2, 0) is 4.79 Å². The monoisotopic (exact) mass is 540 g/mol. The Hall–Kier alpha value is -0.450. The van der Waals surface area contributed by atoms with E-state index in [0.29, 0.717) is 12.8 Å². The van der Waals surface area contributed by atoms with Gasteiger partial charge in [0, 0.05) is 6.42 Å². The van der Waals surface area contributed by atoms with E-state index < -0.39 is 18.2 Å². The predicted molar refractivity (Wildman–Crippen MR) is 166 cm³/mol. The SMILES string of the molecule is CCCCCCCCCCCCCCCCCC(=O)C(O)C(N)C(O)CCCCCCCCCCCCC. The van der Waals surface area contributed by atoms with Gasteiger partial charge < -0.3 is 15.9 Å². The summed E-state index contributed by atoms with van der Waals surface area (Å²) < 4.78 is 0. The highest BCUT2D eigenvalue weighted by molar-refractivity contribution is 5.83. The predicted octanol–water partition coefficient (Wildman–Crippen LogP) is 9.57. The van der Waals surface area contributed by atoms with Crippen LogP contribution in [0.5, 0.6) is 0 Å². The quantitative estimate of drug-likeness (QED) is 0.0766. The molecule has 0 bridgehead atoms. The van der Waals surface area contributed by atoms with Crippen LogP contribution in [0, 0.1) is 0 Å². The van der Waals surface area contributed by atoms with Crippen LogP contribution in [-0.4, -0.2) is 34.2 Å². The van der Waals surface area contributed by atoms with E-state index in [4.69, 9.17) is 5.73 Å². The molecule has 228 valence electrons. The first-order chi connectivity index (χ1) is 18.5. The van der Waals surface area contributed by atoms with Gasteiger partial charge in [-0.15, -0.1) is 0 Å². The lowest BCUT2D eigenvalue weighted by atomic mass is 9.95. The molecule has 0 heterocycles. The van der Waals surface area contributed by atoms with Crippen LogP contribution in [0.1, 0.15) is 194 Å². The molecular weight excluding hydrogens is 470 g/mol. The molecule has 0 saturated carbocycles. The Kier molecular flexibility index (Phi) is 29.2. The van der Waals surface area contributed by atoms with Crippen molar-refractivity contribution in [2.24, 2.45) is 5.73 Å². The minimum Gasteiger partial charge on any atom is -0.391 e. The summed E-state index contributed by atoms with van der Waals surface area (Å²) in [6.07, 6.45) is 32.2. The van der Waals surface area contributed by atoms with E-state index in [-0.39, 0.29) is 5.78 Å². The third-order valence-corrected chi connectivity index (χ3v) is 8.27. The zero-order chi connectivity index (χ0) is 28.1. The number of aliphatic hydroxyl groups excluding tert-OH is 2. The number of ketones is 1. The van der Waals surface area contributed by atoms with Gasteiger partial charge in [0.1, 0.15) is 6.10 Å². The standard InChI is InChI=1S/C34H69NO3/c1-3-5-7-9-11-13-15-16-17-18-20-22-24-26-28-30-32(37)34(38)33(35)31(36)29-27-25-23-21-19-14-12-10-8-6-4-2/h31,33-34,36,38H,3-30,35H2,1-2H3. The van der Waals surface area contributed by atoms with Crippen molar-refractivity contribution in [3.05, 3.63) is 0 Å². The molecular formula is C34H69NO3. The maximum absolute atomic E-state index is 12.3. The number of rotatable bonds is 31. The lowest BCUT2D eigenvalue weighted by Gasteiger charge is -2.23. The van der Waals surface area contributed by atoms with Gasteiger partial charge in [0.2, 0.25) is 0 Å². The van der Waals surface area contributed by atoms with E-state index in [1.807, 2.05) is 0 Å². The number of Topliss-reactive ketones (excluding diaryl/α,β-unsaturated/α-hetero) is 1. The van der Waals surface area contributed by atoms with Crippen molar-refractivity contribution in [1.82, 2.24) is 0 Å². The number of nitrogens with two attached hydrogens (primary N) is 1. The minimum absolute atomic E-state index is 0.204. The second-order valence-corrected chi connectivity index (χ2v) is 12.1. The van der Waals surface area contributed by atoms with Crippen LogP contribution in [0.25, 0.3) is 0 Å². The molecule has 0 aromatic heterocycles. The largest absolute Gasteiger partial charge is 0.391 e. The van der Waals surface area contributed by atoms with Crippen LogP contribution in [0.3, 0.4) is 0 Å². The van der Waals surface area contributed by atoms with Crippen LogP contribution in [0.2, 0.25) is 0 Å². The molecule has 0 amide bonds. The Labute approximate surface area is 238 Å². The molecule has 0 aliphatic heterocycles. The van der Waals surface area contributed by atoms with Crippen molar-refractivity contribution >= 4 is 5.78 Å². The van der Waals surface area contributed by atoms with Crippen molar-refractivity contribution in [3.8, 4) is 0 Å². The van der Waals surface area contributed by atoms with Crippen molar-refractivity contribution in [2.45, 2.75) is 212 Å². The number of carbonyl (C=O) groups is 1. The highest BCUT2D eigenvalue weighted by Gasteiger charge is 2.27. The maximum Gasteiger partial charge on any atom is 0.162 e. The fraction of sp³-hybridized carbons (Fsp3) is 0.971. The molecule has 0 radical (unpaired) electrons. The fourth-order valence-corrected chi connectivity index (χ4v) is 5.45. The van der Waals surface area contributed by atoms with Gasteiger partial charge in [-0.1, -0.05) is 174 Å². The molecule has 4 heteroatoms. The Balaban J connectivity index is 3.56. The first-order valence-corrected chi connectivity index (χ1v) is 17.2. The number of unbranched alkanes of at least 4 members (excludes halogenated alkanes) is 24. The number of hydrogen-bond acceptors (Lipinski definition) is 4. The summed E-state index contributed by atoms with van der Waals surface area (Å²) in [5, 5.41) is 20.7. The van der Waals surface area contributed by atoms with Crippen molar-refractivity contribution in [3.63, 3.8) is 0 Å². The first-order valence-electron chi connectivity index (χ1n) is 17.2. The zero-order valence-electron chi connectivity index (χ0n) is 25.9. The third kappa shape index (κ3) is 24.6. The minimum atomic E-state index is -1.23. The number of aliphatic hydroxyl groups is 2. The van der Waals surface area contributed by atoms with Gasteiger partial charge in [-0.05, 0) is 12.8 Å². The molecule has 3 atom stereocenters. The Bertz CT molecular complexity index is 484. The highest BCUT2D eigenvalue weighted by atomic mass is 16.3. The molecule has 4 N–H and O–H groups in total. The fourth-order valence-electron chi connectivity index (χ4n) is 5.45. The normalized spacial score (nSPS) is 14.0. The Morgan fingerprint density at radius 2 is 0.789 bits per heavy atom. The summed E-state index contributed by atoms with van der Waals surface area (Å²) in [7, 11) is 0. The summed E-state index contributed by atoms with van der Waals surface area (Å²) in [6, 6.07) is -0.859. The van der Waals surface area contributed by atoms with Gasteiger partial charge in [0.15, 0.2) is 5.78 Å². The molecule has 38 heavy (non-hydrogen) atoms. The molecule has 0 fully saturated rings. The van der Waals surface area contributed by atoms with Gasteiger partial charge in [-0.3, -0.25) is 4.79 Å². The van der Waals surface area contributed by atoms with Gasteiger partial charge in [-0.2, -0.15) is 0 Å². The molecule has 0 aromatic rings. The first kappa shape index (κ1) is 37.6. The second kappa shape index (κ2) is 29.5. The zero-order valence-corrected chi connectivity index (χ0v) is 25.9. The molecule has 0 aromatic carbocycles. The smallest absolute Gasteiger partial charge is 0.162 e. The van der Waals surface area contributed by atoms with E-state index in [2.05, 4.69) is 13.8 Å². The van der Waals surface area contributed by atoms with Gasteiger partial charge in [0.05, 0.1) is 12.1 Å². The average molecular weight is 540 g/mol. The molecule has 0 aliphatic rings. The van der Waals surface area contributed by atoms with Crippen LogP contribution in [0.15, 0.2) is 0 Å². The van der Waals surface area contributed by atoms with Crippen molar-refractivity contribution < 1.29 is 15.0 Å². The summed E-state index contributed by atoms with van der Waals surface area (Å²) in [4.78, 5) is 12.3. The summed E-state index contributed by atoms with van der Waals surface area (Å²) in [6.45, 7) is 4.53. The van der Waals surface area contributed by atoms with E-state index in [1.54, 1.807) is 0 Å². The highest BCUT2D eigenvalue weighted by Crippen LogP contribution is 2.16. The summed E-state index contributed by atoms with van der Waals surface area (Å²) in [5.41, 5.74) is 6.03. The van der Waals surface area contributed by atoms with Crippen LogP contribution in [0.4, 0.5) is 0 Å². The van der Waals surface area contributed by atoms with Crippen molar-refractivity contribution in [2.75, 3.05) is 0 Å². The van der Waals surface area contributed by atoms with Crippen LogP contribution >= 0.6 is 0 Å². The van der Waals surface area contributed by atoms with E-state index >= 15 is 0 Å². The van der Waals surface area contributed by atoms with Gasteiger partial charge >= 0.3 is 0 Å². The van der Waals surface area contributed by atoms with E-state index in [9.17, 15) is 15.0 Å². The molecule has 0 saturated heterocycles. The molecule has 3 unspecified atom stereocenters. The lowest BCUT2D eigenvalue weighted by molar-refractivity contribution is -0.129. The molecule has 0 aliphatic carbocycles. The molecule has 4 nitrogen and oxygen atoms in total. The topological polar surface area (TPSA) is 83.5 Å². The molecule has 0 rings (SSSR count). The maximum atomic E-state index is 12.3. The number of carbonyl (C=O) groups excluding carboxylic acids is 1. The van der Waals surface area contributed by atoms with Gasteiger partial charge in [0.25, 0.3) is 0 Å². The van der Waals surface area contributed by atoms with Crippen molar-refractivity contribution in [1.29, 1.82) is 0 Å². The summed E-state index contributed by atoms with van der Waals surface area (Å²) >= 11 is 0. The summed E-state index contributed by atoms with van der Waals surface area (Å²) in [5.74, 6) is -0.204. The number of hydrogen-bond donors (Lipinski definition) is 3. The van der Waals surface area contributed by atoms with Gasteiger partial charge in [-0.25, -0.2) is 0 Å². The van der Waals surface area contributed by atoms with Crippen LogP contribution < -0.4 is 5.73 Å². The lowest BCUT2D eigenvalue weighted by Crippen LogP contribution is -2.48. The average Bonchev–Trinajstić information content (AvgIpc) is 2.92. The molecule has 0 spiro atoms.